The number of fused-ring (bicyclic) bond motifs is 2. The number of benzene rings is 2. The summed E-state index contributed by atoms with van der Waals surface area (Å²) in [5, 5.41) is 10.2. The van der Waals surface area contributed by atoms with Gasteiger partial charge in [0.25, 0.3) is 5.91 Å². The van der Waals surface area contributed by atoms with Gasteiger partial charge in [-0.15, -0.1) is 0 Å². The molecule has 0 unspecified atom stereocenters. The predicted molar refractivity (Wildman–Crippen MR) is 99.8 cm³/mol. The van der Waals surface area contributed by atoms with Gasteiger partial charge in [-0.3, -0.25) is 4.79 Å². The number of amides is 1. The summed E-state index contributed by atoms with van der Waals surface area (Å²) in [4.78, 5) is 14.8. The van der Waals surface area contributed by atoms with Gasteiger partial charge in [0.2, 0.25) is 0 Å². The van der Waals surface area contributed by atoms with E-state index in [0.717, 1.165) is 25.7 Å². The molecule has 1 amide bonds. The Morgan fingerprint density at radius 2 is 2.00 bits per heavy atom. The molecule has 2 aromatic carbocycles. The molecule has 4 rings (SSSR count). The molecule has 2 bridgehead atoms. The van der Waals surface area contributed by atoms with Gasteiger partial charge >= 0.3 is 0 Å². The van der Waals surface area contributed by atoms with Crippen molar-refractivity contribution >= 4 is 5.91 Å². The molecule has 0 spiro atoms. The smallest absolute Gasteiger partial charge is 0.261 e. The van der Waals surface area contributed by atoms with Crippen LogP contribution >= 0.6 is 0 Å². The Bertz CT molecular complexity index is 812. The molecule has 3 atom stereocenters. The summed E-state index contributed by atoms with van der Waals surface area (Å²) in [7, 11) is 0. The number of rotatable bonds is 6. The summed E-state index contributed by atoms with van der Waals surface area (Å²) in [6, 6.07) is 16.1. The molecule has 0 radical (unpaired) electrons. The van der Waals surface area contributed by atoms with Gasteiger partial charge < -0.3 is 14.7 Å². The van der Waals surface area contributed by atoms with E-state index >= 15 is 0 Å². The van der Waals surface area contributed by atoms with Crippen LogP contribution in [-0.2, 0) is 11.2 Å². The van der Waals surface area contributed by atoms with Gasteiger partial charge in [-0.2, -0.15) is 0 Å². The molecule has 5 heteroatoms. The summed E-state index contributed by atoms with van der Waals surface area (Å²) >= 11 is 0. The van der Waals surface area contributed by atoms with Crippen molar-refractivity contribution in [3.8, 4) is 5.75 Å². The molecule has 2 fully saturated rings. The van der Waals surface area contributed by atoms with Gasteiger partial charge in [0.05, 0.1) is 6.61 Å². The maximum Gasteiger partial charge on any atom is 0.261 e. The fraction of sp³-hybridized carbons (Fsp3) is 0.409. The zero-order valence-electron chi connectivity index (χ0n) is 15.2. The number of hydrogen-bond acceptors (Lipinski definition) is 3. The highest BCUT2D eigenvalue weighted by Gasteiger charge is 2.56. The lowest BCUT2D eigenvalue weighted by Crippen LogP contribution is -2.45. The number of ether oxygens (including phenoxy) is 1. The molecule has 0 aliphatic carbocycles. The molecule has 2 aromatic rings. The molecule has 1 N–H and O–H groups in total. The Labute approximate surface area is 158 Å². The molecule has 27 heavy (non-hydrogen) atoms. The highest BCUT2D eigenvalue weighted by Crippen LogP contribution is 2.51. The third-order valence-corrected chi connectivity index (χ3v) is 6.01. The third-order valence-electron chi connectivity index (χ3n) is 6.01. The fourth-order valence-electron chi connectivity index (χ4n) is 4.86. The van der Waals surface area contributed by atoms with E-state index in [1.54, 1.807) is 12.1 Å². The highest BCUT2D eigenvalue weighted by atomic mass is 19.1. The summed E-state index contributed by atoms with van der Waals surface area (Å²) in [5.41, 5.74) is 0.890. The Hall–Kier alpha value is -2.40. The standard InChI is InChI=1S/C22H24FNO3/c23-17-7-4-8-19(11-17)27-14-21(26)24-18-9-10-20(24)22(13-18,15-25)12-16-5-2-1-3-6-16/h1-8,11,18,20,25H,9-10,12-15H2/t18-,20+,22-/m0/s1. The van der Waals surface area contributed by atoms with Crippen LogP contribution in [0.25, 0.3) is 0 Å². The second-order valence-electron chi connectivity index (χ2n) is 7.68. The first kappa shape index (κ1) is 18.0. The molecule has 0 aromatic heterocycles. The van der Waals surface area contributed by atoms with Crippen LogP contribution < -0.4 is 4.74 Å². The summed E-state index contributed by atoms with van der Waals surface area (Å²) < 4.78 is 18.8. The van der Waals surface area contributed by atoms with E-state index in [-0.39, 0.29) is 42.4 Å². The van der Waals surface area contributed by atoms with Gasteiger partial charge in [0.1, 0.15) is 11.6 Å². The average Bonchev–Trinajstić information content (AvgIpc) is 3.23. The van der Waals surface area contributed by atoms with Gasteiger partial charge in [-0.1, -0.05) is 36.4 Å². The minimum Gasteiger partial charge on any atom is -0.484 e. The van der Waals surface area contributed by atoms with Crippen LogP contribution in [-0.4, -0.2) is 41.2 Å². The molecular weight excluding hydrogens is 345 g/mol. The highest BCUT2D eigenvalue weighted by molar-refractivity contribution is 5.79. The van der Waals surface area contributed by atoms with Crippen molar-refractivity contribution in [1.29, 1.82) is 0 Å². The second kappa shape index (κ2) is 7.31. The monoisotopic (exact) mass is 369 g/mol. The van der Waals surface area contributed by atoms with Gasteiger partial charge in [-0.05, 0) is 43.4 Å². The quantitative estimate of drug-likeness (QED) is 0.851. The second-order valence-corrected chi connectivity index (χ2v) is 7.68. The van der Waals surface area contributed by atoms with Crippen LogP contribution in [0.2, 0.25) is 0 Å². The molecule has 2 aliphatic rings. The van der Waals surface area contributed by atoms with Crippen LogP contribution in [0.3, 0.4) is 0 Å². The Morgan fingerprint density at radius 3 is 2.74 bits per heavy atom. The zero-order valence-corrected chi connectivity index (χ0v) is 15.2. The average molecular weight is 369 g/mol. The van der Waals surface area contributed by atoms with Crippen molar-refractivity contribution in [3.05, 3.63) is 66.0 Å². The minimum absolute atomic E-state index is 0.0244. The van der Waals surface area contributed by atoms with Gasteiger partial charge in [-0.25, -0.2) is 4.39 Å². The van der Waals surface area contributed by atoms with Gasteiger partial charge in [0.15, 0.2) is 6.61 Å². The topological polar surface area (TPSA) is 49.8 Å². The predicted octanol–water partition coefficient (Wildman–Crippen LogP) is 3.19. The first-order valence-electron chi connectivity index (χ1n) is 9.46. The van der Waals surface area contributed by atoms with E-state index < -0.39 is 0 Å². The van der Waals surface area contributed by atoms with Crippen molar-refractivity contribution in [1.82, 2.24) is 4.90 Å². The maximum atomic E-state index is 13.3. The number of hydrogen-bond donors (Lipinski definition) is 1. The first-order valence-corrected chi connectivity index (χ1v) is 9.46. The number of aliphatic hydroxyl groups is 1. The van der Waals surface area contributed by atoms with Crippen molar-refractivity contribution in [2.24, 2.45) is 5.41 Å². The molecule has 2 aliphatic heterocycles. The van der Waals surface area contributed by atoms with E-state index in [1.165, 1.54) is 17.7 Å². The van der Waals surface area contributed by atoms with Crippen LogP contribution in [0.5, 0.6) is 5.75 Å². The first-order chi connectivity index (χ1) is 13.1. The lowest BCUT2D eigenvalue weighted by atomic mass is 9.70. The number of halogens is 1. The molecule has 0 saturated carbocycles. The summed E-state index contributed by atoms with van der Waals surface area (Å²) in [5.74, 6) is -0.119. The van der Waals surface area contributed by atoms with E-state index in [0.29, 0.717) is 5.75 Å². The Morgan fingerprint density at radius 1 is 1.19 bits per heavy atom. The molecular formula is C22H24FNO3. The minimum atomic E-state index is -0.386. The van der Waals surface area contributed by atoms with Crippen LogP contribution in [0.1, 0.15) is 24.8 Å². The molecule has 2 heterocycles. The van der Waals surface area contributed by atoms with Crippen molar-refractivity contribution in [2.45, 2.75) is 37.8 Å². The van der Waals surface area contributed by atoms with E-state index in [1.807, 2.05) is 23.1 Å². The Balaban J connectivity index is 1.47. The lowest BCUT2D eigenvalue weighted by Gasteiger charge is -2.36. The molecule has 2 saturated heterocycles. The zero-order chi connectivity index (χ0) is 18.9. The van der Waals surface area contributed by atoms with Crippen LogP contribution in [0.15, 0.2) is 54.6 Å². The van der Waals surface area contributed by atoms with Crippen molar-refractivity contribution in [3.63, 3.8) is 0 Å². The lowest BCUT2D eigenvalue weighted by molar-refractivity contribution is -0.135. The van der Waals surface area contributed by atoms with Crippen LogP contribution in [0.4, 0.5) is 4.39 Å². The third kappa shape index (κ3) is 3.44. The van der Waals surface area contributed by atoms with E-state index in [9.17, 15) is 14.3 Å². The number of carbonyl (C=O) groups is 1. The van der Waals surface area contributed by atoms with Crippen molar-refractivity contribution < 1.29 is 19.0 Å². The maximum absolute atomic E-state index is 13.3. The van der Waals surface area contributed by atoms with Crippen molar-refractivity contribution in [2.75, 3.05) is 13.2 Å². The van der Waals surface area contributed by atoms with Crippen LogP contribution in [0, 0.1) is 11.2 Å². The van der Waals surface area contributed by atoms with E-state index in [4.69, 9.17) is 4.74 Å². The summed E-state index contributed by atoms with van der Waals surface area (Å²) in [6.45, 7) is -0.0408. The Kier molecular flexibility index (Phi) is 4.87. The largest absolute Gasteiger partial charge is 0.484 e. The number of aliphatic hydroxyl groups excluding tert-OH is 1. The van der Waals surface area contributed by atoms with Gasteiger partial charge in [0, 0.05) is 23.6 Å². The molecule has 4 nitrogen and oxygen atoms in total. The number of nitrogens with zero attached hydrogens (tertiary/aromatic N) is 1. The SMILES string of the molecule is O=C(COc1cccc(F)c1)N1[C@H]2CC[C@@H]1[C@@](CO)(Cc1ccccc1)C2. The molecule has 142 valence electrons. The normalized spacial score (nSPS) is 26.4. The number of carbonyl (C=O) groups excluding carboxylic acids is 1. The fourth-order valence-corrected chi connectivity index (χ4v) is 4.86. The van der Waals surface area contributed by atoms with E-state index in [2.05, 4.69) is 12.1 Å². The summed E-state index contributed by atoms with van der Waals surface area (Å²) in [6.07, 6.45) is 3.45.